The molecule has 0 saturated heterocycles. The first-order valence-electron chi connectivity index (χ1n) is 2.37. The minimum absolute atomic E-state index is 0.340. The van der Waals surface area contributed by atoms with E-state index in [0.29, 0.717) is 0 Å². The van der Waals surface area contributed by atoms with E-state index in [0.717, 1.165) is 12.5 Å². The van der Waals surface area contributed by atoms with Crippen molar-refractivity contribution in [2.45, 2.75) is 0 Å². The van der Waals surface area contributed by atoms with Crippen molar-refractivity contribution in [3.8, 4) is 0 Å². The topological polar surface area (TPSA) is 75.9 Å². The average Bonchev–Trinajstić information content (AvgIpc) is 2.11. The number of carbonyl (C=O) groups is 1. The Morgan fingerprint density at radius 1 is 1.50 bits per heavy atom. The summed E-state index contributed by atoms with van der Waals surface area (Å²) in [5, 5.41) is 6.14. The van der Waals surface area contributed by atoms with Gasteiger partial charge in [-0.3, -0.25) is 4.79 Å². The predicted octanol–water partition coefficient (Wildman–Crippen LogP) is -0.135. The summed E-state index contributed by atoms with van der Waals surface area (Å²) in [4.78, 5) is 10.2. The van der Waals surface area contributed by atoms with E-state index in [4.69, 9.17) is 0 Å². The van der Waals surface area contributed by atoms with E-state index in [1.165, 1.54) is 0 Å². The second-order valence-corrected chi connectivity index (χ2v) is 3.77. The van der Waals surface area contributed by atoms with E-state index in [9.17, 15) is 13.2 Å². The van der Waals surface area contributed by atoms with Gasteiger partial charge in [-0.25, -0.2) is 8.42 Å². The van der Waals surface area contributed by atoms with E-state index in [2.05, 4.69) is 10.2 Å². The van der Waals surface area contributed by atoms with Crippen LogP contribution in [0.3, 0.4) is 0 Å². The Bertz CT molecular complexity index is 324. The van der Waals surface area contributed by atoms with Crippen LogP contribution in [0.4, 0.5) is 0 Å². The van der Waals surface area contributed by atoms with Crippen LogP contribution in [0.25, 0.3) is 0 Å². The van der Waals surface area contributed by atoms with Gasteiger partial charge >= 0.3 is 5.91 Å². The van der Waals surface area contributed by atoms with Crippen molar-refractivity contribution in [1.82, 2.24) is 0 Å². The van der Waals surface area contributed by atoms with Crippen LogP contribution in [-0.2, 0) is 14.6 Å². The first kappa shape index (κ1) is 7.07. The summed E-state index contributed by atoms with van der Waals surface area (Å²) in [5.41, 5.74) is 0. The molecule has 0 aromatic rings. The fourth-order valence-electron chi connectivity index (χ4n) is 0.493. The molecule has 1 heterocycles. The van der Waals surface area contributed by atoms with Crippen molar-refractivity contribution < 1.29 is 13.2 Å². The highest BCUT2D eigenvalue weighted by molar-refractivity contribution is 7.95. The van der Waals surface area contributed by atoms with Gasteiger partial charge in [0.1, 0.15) is 0 Å². The summed E-state index contributed by atoms with van der Waals surface area (Å²) >= 11 is 0. The maximum atomic E-state index is 10.6. The number of nitrogens with zero attached hydrogens (tertiary/aromatic N) is 2. The molecule has 0 aromatic heterocycles. The molecule has 0 N–H and O–H groups in total. The third-order valence-corrected chi connectivity index (χ3v) is 2.01. The monoisotopic (exact) mass is 160 g/mol. The lowest BCUT2D eigenvalue weighted by Crippen LogP contribution is -2.06. The average molecular weight is 160 g/mol. The van der Waals surface area contributed by atoms with Crippen molar-refractivity contribution in [3.05, 3.63) is 11.1 Å². The van der Waals surface area contributed by atoms with E-state index >= 15 is 0 Å². The lowest BCUT2D eigenvalue weighted by molar-refractivity contribution is -0.113. The highest BCUT2D eigenvalue weighted by Crippen LogP contribution is 2.12. The predicted molar refractivity (Wildman–Crippen MR) is 32.8 cm³/mol. The molecule has 0 unspecified atom stereocenters. The fraction of sp³-hybridized carbons (Fsp3) is 0.250. The van der Waals surface area contributed by atoms with Gasteiger partial charge in [0.2, 0.25) is 0 Å². The molecule has 0 atom stereocenters. The van der Waals surface area contributed by atoms with Crippen LogP contribution in [0.1, 0.15) is 0 Å². The highest BCUT2D eigenvalue weighted by atomic mass is 32.2. The van der Waals surface area contributed by atoms with Gasteiger partial charge in [-0.2, -0.15) is 5.11 Å². The fourth-order valence-corrected chi connectivity index (χ4v) is 1.09. The van der Waals surface area contributed by atoms with Gasteiger partial charge in [0.25, 0.3) is 0 Å². The molecule has 1 aliphatic heterocycles. The van der Waals surface area contributed by atoms with Crippen LogP contribution in [0.5, 0.6) is 0 Å². The molecule has 5 nitrogen and oxygen atoms in total. The molecule has 0 radical (unpaired) electrons. The number of carbonyl (C=O) groups excluding carboxylic acids is 1. The Morgan fingerprint density at radius 3 is 2.30 bits per heavy atom. The molecule has 1 rings (SSSR count). The largest absolute Gasteiger partial charge is 0.308 e. The maximum absolute atomic E-state index is 10.6. The van der Waals surface area contributed by atoms with Crippen LogP contribution in [-0.4, -0.2) is 20.6 Å². The highest BCUT2D eigenvalue weighted by Gasteiger charge is 2.23. The molecule has 54 valence electrons. The van der Waals surface area contributed by atoms with Gasteiger partial charge in [0.05, 0.1) is 6.20 Å². The first-order chi connectivity index (χ1) is 4.52. The molecule has 0 aliphatic carbocycles. The normalized spacial score (nSPS) is 17.7. The Hall–Kier alpha value is -1.04. The molecular formula is C4H4N2O3S. The summed E-state index contributed by atoms with van der Waals surface area (Å²) in [6.07, 6.45) is 1.88. The number of hydrogen-bond donors (Lipinski definition) is 0. The Labute approximate surface area is 57.4 Å². The smallest absolute Gasteiger partial charge is 0.264 e. The van der Waals surface area contributed by atoms with E-state index in [-0.39, 0.29) is 4.91 Å². The molecule has 0 saturated carbocycles. The molecule has 6 heteroatoms. The van der Waals surface area contributed by atoms with Crippen molar-refractivity contribution in [1.29, 1.82) is 0 Å². The molecule has 0 aromatic carbocycles. The Kier molecular flexibility index (Phi) is 1.40. The van der Waals surface area contributed by atoms with E-state index < -0.39 is 15.7 Å². The van der Waals surface area contributed by atoms with Gasteiger partial charge in [-0.05, 0) is 0 Å². The lowest BCUT2D eigenvalue weighted by atomic mass is 10.6. The molecule has 1 aliphatic rings. The zero-order chi connectivity index (χ0) is 7.78. The molecule has 0 fully saturated rings. The van der Waals surface area contributed by atoms with Crippen LogP contribution in [0.2, 0.25) is 0 Å². The number of sulfone groups is 1. The van der Waals surface area contributed by atoms with Crippen molar-refractivity contribution >= 4 is 15.7 Å². The molecule has 0 bridgehead atoms. The van der Waals surface area contributed by atoms with Crippen LogP contribution in [0.15, 0.2) is 21.3 Å². The summed E-state index contributed by atoms with van der Waals surface area (Å²) in [6, 6.07) is 0. The Balaban J connectivity index is 3.12. The minimum atomic E-state index is -3.43. The lowest BCUT2D eigenvalue weighted by Gasteiger charge is -1.89. The summed E-state index contributed by atoms with van der Waals surface area (Å²) in [7, 11) is -3.43. The second-order valence-electron chi connectivity index (χ2n) is 1.79. The third kappa shape index (κ3) is 1.10. The van der Waals surface area contributed by atoms with Crippen molar-refractivity contribution in [2.75, 3.05) is 6.26 Å². The Morgan fingerprint density at radius 2 is 2.10 bits per heavy atom. The minimum Gasteiger partial charge on any atom is -0.264 e. The summed E-state index contributed by atoms with van der Waals surface area (Å²) < 4.78 is 21.3. The quantitative estimate of drug-likeness (QED) is 0.535. The van der Waals surface area contributed by atoms with Crippen LogP contribution in [0, 0.1) is 0 Å². The first-order valence-corrected chi connectivity index (χ1v) is 4.26. The van der Waals surface area contributed by atoms with E-state index in [1.54, 1.807) is 0 Å². The summed E-state index contributed by atoms with van der Waals surface area (Å²) in [6.45, 7) is 0. The van der Waals surface area contributed by atoms with Gasteiger partial charge in [-0.15, -0.1) is 5.11 Å². The van der Waals surface area contributed by atoms with E-state index in [1.807, 2.05) is 0 Å². The molecule has 0 spiro atoms. The molecule has 10 heavy (non-hydrogen) atoms. The van der Waals surface area contributed by atoms with Gasteiger partial charge in [0.15, 0.2) is 14.7 Å². The zero-order valence-electron chi connectivity index (χ0n) is 5.10. The maximum Gasteiger partial charge on any atom is 0.308 e. The van der Waals surface area contributed by atoms with Crippen molar-refractivity contribution in [2.24, 2.45) is 10.2 Å². The van der Waals surface area contributed by atoms with Gasteiger partial charge in [-0.1, -0.05) is 0 Å². The van der Waals surface area contributed by atoms with Gasteiger partial charge < -0.3 is 0 Å². The number of rotatable bonds is 1. The standard InChI is InChI=1S/C4H4N2O3S/c1-10(8,9)3-2-5-6-4(3)7/h2H,1H3. The number of hydrogen-bond acceptors (Lipinski definition) is 4. The number of azo groups is 1. The second kappa shape index (κ2) is 1.98. The molecule has 1 amide bonds. The molecular weight excluding hydrogens is 156 g/mol. The summed E-state index contributed by atoms with van der Waals surface area (Å²) in [5.74, 6) is -0.789. The third-order valence-electron chi connectivity index (χ3n) is 0.934. The van der Waals surface area contributed by atoms with Crippen molar-refractivity contribution in [3.63, 3.8) is 0 Å². The zero-order valence-corrected chi connectivity index (χ0v) is 5.92. The SMILES string of the molecule is CS(=O)(=O)C1=CN=NC1=O. The van der Waals surface area contributed by atoms with Crippen LogP contribution >= 0.6 is 0 Å². The number of amides is 1. The van der Waals surface area contributed by atoms with Crippen LogP contribution < -0.4 is 0 Å². The van der Waals surface area contributed by atoms with Gasteiger partial charge in [0, 0.05) is 6.26 Å².